The number of phenols is 2. The van der Waals surface area contributed by atoms with Crippen LogP contribution in [0.3, 0.4) is 0 Å². The molecule has 0 aliphatic heterocycles. The SMILES string of the molecule is O=C(O)/C(=C\c1c(O)ccc2ccccc12)c1csc(-c2nc(/C(=C/c3c(O)ccc4ccccc34)C(=O)O)cs2)n1. The van der Waals surface area contributed by atoms with Crippen molar-refractivity contribution in [3.63, 3.8) is 0 Å². The molecule has 4 aromatic carbocycles. The molecule has 10 heteroatoms. The van der Waals surface area contributed by atoms with E-state index in [9.17, 15) is 30.0 Å². The minimum atomic E-state index is -1.22. The van der Waals surface area contributed by atoms with E-state index in [1.54, 1.807) is 35.0 Å². The number of carboxylic acids is 2. The second-order valence-electron chi connectivity index (χ2n) is 9.24. The molecule has 0 unspecified atom stereocenters. The molecule has 0 saturated carbocycles. The third kappa shape index (κ3) is 5.00. The first kappa shape index (κ1) is 26.9. The number of phenolic OH excluding ortho intramolecular Hbond substituents is 2. The van der Waals surface area contributed by atoms with Crippen LogP contribution in [0.5, 0.6) is 11.5 Å². The molecule has 0 fully saturated rings. The van der Waals surface area contributed by atoms with Gasteiger partial charge in [0.15, 0.2) is 10.0 Å². The van der Waals surface area contributed by atoms with Crippen LogP contribution >= 0.6 is 22.7 Å². The number of hydrogen-bond donors (Lipinski definition) is 4. The molecule has 0 bridgehead atoms. The zero-order valence-electron chi connectivity index (χ0n) is 21.6. The molecule has 2 heterocycles. The molecule has 8 nitrogen and oxygen atoms in total. The maximum Gasteiger partial charge on any atom is 0.337 e. The largest absolute Gasteiger partial charge is 0.507 e. The molecule has 0 aliphatic rings. The van der Waals surface area contributed by atoms with Crippen LogP contribution in [-0.4, -0.2) is 42.3 Å². The second kappa shape index (κ2) is 10.9. The van der Waals surface area contributed by atoms with Crippen LogP contribution in [-0.2, 0) is 9.59 Å². The topological polar surface area (TPSA) is 141 Å². The van der Waals surface area contributed by atoms with E-state index in [0.717, 1.165) is 10.8 Å². The van der Waals surface area contributed by atoms with Gasteiger partial charge in [-0.3, -0.25) is 0 Å². The van der Waals surface area contributed by atoms with Crippen molar-refractivity contribution in [2.24, 2.45) is 0 Å². The van der Waals surface area contributed by atoms with Crippen molar-refractivity contribution >= 4 is 79.5 Å². The Balaban J connectivity index is 1.38. The minimum Gasteiger partial charge on any atom is -0.507 e. The van der Waals surface area contributed by atoms with Gasteiger partial charge in [0.05, 0.1) is 22.5 Å². The van der Waals surface area contributed by atoms with Gasteiger partial charge in [-0.15, -0.1) is 22.7 Å². The summed E-state index contributed by atoms with van der Waals surface area (Å²) < 4.78 is 0. The van der Waals surface area contributed by atoms with Crippen molar-refractivity contribution in [3.05, 3.63) is 106 Å². The Morgan fingerprint density at radius 2 is 1.00 bits per heavy atom. The number of thiazole rings is 2. The van der Waals surface area contributed by atoms with Gasteiger partial charge >= 0.3 is 11.9 Å². The summed E-state index contributed by atoms with van der Waals surface area (Å²) >= 11 is 2.34. The fraction of sp³-hybridized carbons (Fsp3) is 0. The summed E-state index contributed by atoms with van der Waals surface area (Å²) in [6.45, 7) is 0. The van der Waals surface area contributed by atoms with Crippen LogP contribution < -0.4 is 0 Å². The average Bonchev–Trinajstić information content (AvgIpc) is 3.66. The maximum absolute atomic E-state index is 12.3. The number of aliphatic carboxylic acids is 2. The van der Waals surface area contributed by atoms with Gasteiger partial charge in [-0.05, 0) is 45.8 Å². The van der Waals surface area contributed by atoms with Crippen LogP contribution in [0.15, 0.2) is 83.6 Å². The fourth-order valence-corrected chi connectivity index (χ4v) is 6.33. The van der Waals surface area contributed by atoms with E-state index in [1.807, 2.05) is 36.4 Å². The van der Waals surface area contributed by atoms with Crippen molar-refractivity contribution in [1.82, 2.24) is 9.97 Å². The standard InChI is InChI=1S/C32H20N2O6S2/c35-27-11-9-17-5-1-3-7-19(17)21(27)13-23(31(37)38)25-15-41-29(33-25)30-34-26(16-42-30)24(32(39)40)14-22-20-8-4-2-6-18(20)10-12-28(22)36/h1-16,35-36H,(H,37,38)(H,39,40)/b23-13-,24-14-. The van der Waals surface area contributed by atoms with E-state index in [0.29, 0.717) is 31.9 Å². The summed E-state index contributed by atoms with van der Waals surface area (Å²) in [5.74, 6) is -2.55. The van der Waals surface area contributed by atoms with E-state index < -0.39 is 11.9 Å². The van der Waals surface area contributed by atoms with Gasteiger partial charge in [-0.1, -0.05) is 60.7 Å². The van der Waals surface area contributed by atoms with Crippen molar-refractivity contribution in [2.75, 3.05) is 0 Å². The highest BCUT2D eigenvalue weighted by Crippen LogP contribution is 2.36. The molecule has 0 atom stereocenters. The molecular weight excluding hydrogens is 572 g/mol. The van der Waals surface area contributed by atoms with Crippen molar-refractivity contribution in [3.8, 4) is 21.5 Å². The highest BCUT2D eigenvalue weighted by atomic mass is 32.1. The maximum atomic E-state index is 12.3. The third-order valence-corrected chi connectivity index (χ3v) is 8.50. The van der Waals surface area contributed by atoms with Crippen LogP contribution in [0.2, 0.25) is 0 Å². The molecule has 6 rings (SSSR count). The van der Waals surface area contributed by atoms with Gasteiger partial charge in [0.2, 0.25) is 0 Å². The summed E-state index contributed by atoms with van der Waals surface area (Å²) in [4.78, 5) is 33.5. The molecule has 2 aromatic heterocycles. The van der Waals surface area contributed by atoms with Crippen LogP contribution in [0.4, 0.5) is 0 Å². The molecule has 0 saturated heterocycles. The zero-order chi connectivity index (χ0) is 29.4. The summed E-state index contributed by atoms with van der Waals surface area (Å²) in [6, 6.07) is 21.2. The average molecular weight is 593 g/mol. The lowest BCUT2D eigenvalue weighted by Crippen LogP contribution is -2.01. The molecule has 0 amide bonds. The Kier molecular flexibility index (Phi) is 6.99. The van der Waals surface area contributed by atoms with Gasteiger partial charge in [-0.2, -0.15) is 0 Å². The van der Waals surface area contributed by atoms with E-state index in [-0.39, 0.29) is 34.0 Å². The minimum absolute atomic E-state index is 0.0577. The van der Waals surface area contributed by atoms with E-state index in [4.69, 9.17) is 0 Å². The Bertz CT molecular complexity index is 1940. The molecule has 206 valence electrons. The first-order chi connectivity index (χ1) is 20.3. The van der Waals surface area contributed by atoms with Gasteiger partial charge < -0.3 is 20.4 Å². The quantitative estimate of drug-likeness (QED) is 0.142. The highest BCUT2D eigenvalue weighted by molar-refractivity contribution is 7.19. The summed E-state index contributed by atoms with van der Waals surface area (Å²) in [7, 11) is 0. The highest BCUT2D eigenvalue weighted by Gasteiger charge is 2.21. The predicted octanol–water partition coefficient (Wildman–Crippen LogP) is 7.23. The van der Waals surface area contributed by atoms with E-state index >= 15 is 0 Å². The Morgan fingerprint density at radius 3 is 1.40 bits per heavy atom. The van der Waals surface area contributed by atoms with Gasteiger partial charge in [0.25, 0.3) is 0 Å². The number of aromatic hydroxyl groups is 2. The third-order valence-electron chi connectivity index (χ3n) is 6.68. The smallest absolute Gasteiger partial charge is 0.337 e. The number of benzene rings is 4. The fourth-order valence-electron chi connectivity index (χ4n) is 4.64. The molecule has 0 aliphatic carbocycles. The van der Waals surface area contributed by atoms with Gasteiger partial charge in [0, 0.05) is 21.9 Å². The number of nitrogens with zero attached hydrogens (tertiary/aromatic N) is 2. The van der Waals surface area contributed by atoms with Crippen LogP contribution in [0.25, 0.3) is 54.9 Å². The van der Waals surface area contributed by atoms with Gasteiger partial charge in [-0.25, -0.2) is 19.6 Å². The monoisotopic (exact) mass is 592 g/mol. The molecule has 0 radical (unpaired) electrons. The first-order valence-electron chi connectivity index (χ1n) is 12.5. The lowest BCUT2D eigenvalue weighted by molar-refractivity contribution is -0.131. The number of aromatic nitrogens is 2. The number of fused-ring (bicyclic) bond motifs is 2. The van der Waals surface area contributed by atoms with Crippen molar-refractivity contribution in [1.29, 1.82) is 0 Å². The zero-order valence-corrected chi connectivity index (χ0v) is 23.2. The number of hydrogen-bond acceptors (Lipinski definition) is 8. The Morgan fingerprint density at radius 1 is 0.595 bits per heavy atom. The van der Waals surface area contributed by atoms with Crippen LogP contribution in [0, 0.1) is 0 Å². The Labute approximate surface area is 246 Å². The number of carboxylic acid groups (broad SMARTS) is 2. The van der Waals surface area contributed by atoms with Crippen molar-refractivity contribution in [2.45, 2.75) is 0 Å². The number of carbonyl (C=O) groups is 2. The summed E-state index contributed by atoms with van der Waals surface area (Å²) in [5.41, 5.74) is 0.869. The Hall–Kier alpha value is -5.32. The number of rotatable bonds is 7. The van der Waals surface area contributed by atoms with Crippen molar-refractivity contribution < 1.29 is 30.0 Å². The molecular formula is C32H20N2O6S2. The lowest BCUT2D eigenvalue weighted by atomic mass is 10.0. The van der Waals surface area contributed by atoms with Gasteiger partial charge in [0.1, 0.15) is 11.5 Å². The van der Waals surface area contributed by atoms with E-state index in [1.165, 1.54) is 47.0 Å². The van der Waals surface area contributed by atoms with Crippen LogP contribution in [0.1, 0.15) is 22.5 Å². The summed E-state index contributed by atoms with van der Waals surface area (Å²) in [6.07, 6.45) is 2.79. The summed E-state index contributed by atoms with van der Waals surface area (Å²) in [5, 5.41) is 48.1. The first-order valence-corrected chi connectivity index (χ1v) is 14.3. The predicted molar refractivity (Wildman–Crippen MR) is 165 cm³/mol. The lowest BCUT2D eigenvalue weighted by Gasteiger charge is -2.07. The van der Waals surface area contributed by atoms with E-state index in [2.05, 4.69) is 9.97 Å². The molecule has 0 spiro atoms. The molecule has 4 N–H and O–H groups in total. The second-order valence-corrected chi connectivity index (χ2v) is 11.0. The normalized spacial score (nSPS) is 12.2. The molecule has 42 heavy (non-hydrogen) atoms. The molecule has 6 aromatic rings.